The molecule has 1 N–H and O–H groups in total. The lowest BCUT2D eigenvalue weighted by Crippen LogP contribution is -2.22. The Hall–Kier alpha value is -3.15. The lowest BCUT2D eigenvalue weighted by atomic mass is 10.1. The van der Waals surface area contributed by atoms with Crippen molar-refractivity contribution in [3.63, 3.8) is 0 Å². The first-order chi connectivity index (χ1) is 12.8. The molecule has 2 aromatic rings. The number of anilines is 1. The molecule has 0 saturated heterocycles. The number of nitrogens with zero attached hydrogens (tertiary/aromatic N) is 2. The van der Waals surface area contributed by atoms with Gasteiger partial charge in [0.2, 0.25) is 0 Å². The normalized spacial score (nSPS) is 9.96. The second-order valence-electron chi connectivity index (χ2n) is 5.23. The Morgan fingerprint density at radius 1 is 1.19 bits per heavy atom. The molecule has 10 heteroatoms. The molecule has 0 bridgehead atoms. The SMILES string of the molecule is N#Cc1cc([N+](=O)[O-])ccc1NC(=O)COC(=O)Cc1ccc(Cl)c(Cl)c1. The van der Waals surface area contributed by atoms with Gasteiger partial charge in [0.1, 0.15) is 6.07 Å². The van der Waals surface area contributed by atoms with Crippen molar-refractivity contribution in [2.75, 3.05) is 11.9 Å². The number of esters is 1. The summed E-state index contributed by atoms with van der Waals surface area (Å²) in [5.41, 5.74) is 0.280. The smallest absolute Gasteiger partial charge is 0.310 e. The third-order valence-corrected chi connectivity index (χ3v) is 4.04. The minimum Gasteiger partial charge on any atom is -0.455 e. The van der Waals surface area contributed by atoms with Crippen molar-refractivity contribution >= 4 is 46.5 Å². The molecule has 2 rings (SSSR count). The highest BCUT2D eigenvalue weighted by molar-refractivity contribution is 6.42. The Balaban J connectivity index is 1.92. The molecule has 0 radical (unpaired) electrons. The number of carbonyl (C=O) groups is 2. The number of nitrogens with one attached hydrogen (secondary N) is 1. The Morgan fingerprint density at radius 3 is 2.56 bits per heavy atom. The van der Waals surface area contributed by atoms with E-state index in [2.05, 4.69) is 5.32 Å². The van der Waals surface area contributed by atoms with Gasteiger partial charge in [-0.05, 0) is 23.8 Å². The van der Waals surface area contributed by atoms with Crippen LogP contribution < -0.4 is 5.32 Å². The van der Waals surface area contributed by atoms with Crippen LogP contribution in [0.15, 0.2) is 36.4 Å². The van der Waals surface area contributed by atoms with E-state index in [0.717, 1.165) is 12.1 Å². The van der Waals surface area contributed by atoms with Crippen molar-refractivity contribution in [1.29, 1.82) is 5.26 Å². The van der Waals surface area contributed by atoms with Gasteiger partial charge in [-0.15, -0.1) is 0 Å². The third-order valence-electron chi connectivity index (χ3n) is 3.31. The molecule has 0 aliphatic carbocycles. The van der Waals surface area contributed by atoms with Gasteiger partial charge < -0.3 is 10.1 Å². The van der Waals surface area contributed by atoms with Crippen LogP contribution in [0, 0.1) is 21.4 Å². The number of carbonyl (C=O) groups excluding carboxylic acids is 2. The first-order valence-corrected chi connectivity index (χ1v) is 8.13. The number of nitro groups is 1. The maximum Gasteiger partial charge on any atom is 0.310 e. The summed E-state index contributed by atoms with van der Waals surface area (Å²) in [5.74, 6) is -1.35. The van der Waals surface area contributed by atoms with Gasteiger partial charge in [0.15, 0.2) is 6.61 Å². The number of nitriles is 1. The fourth-order valence-corrected chi connectivity index (χ4v) is 2.37. The van der Waals surface area contributed by atoms with E-state index >= 15 is 0 Å². The first kappa shape index (κ1) is 20.2. The lowest BCUT2D eigenvalue weighted by Gasteiger charge is -2.08. The zero-order valence-corrected chi connectivity index (χ0v) is 15.1. The fourth-order valence-electron chi connectivity index (χ4n) is 2.05. The van der Waals surface area contributed by atoms with Gasteiger partial charge in [-0.1, -0.05) is 29.3 Å². The Bertz CT molecular complexity index is 956. The molecule has 0 unspecified atom stereocenters. The number of hydrogen-bond acceptors (Lipinski definition) is 6. The molecule has 0 atom stereocenters. The van der Waals surface area contributed by atoms with Crippen LogP contribution in [0.25, 0.3) is 0 Å². The van der Waals surface area contributed by atoms with Gasteiger partial charge in [0.25, 0.3) is 11.6 Å². The first-order valence-electron chi connectivity index (χ1n) is 7.38. The van der Waals surface area contributed by atoms with Crippen LogP contribution in [0.4, 0.5) is 11.4 Å². The highest BCUT2D eigenvalue weighted by Crippen LogP contribution is 2.23. The van der Waals surface area contributed by atoms with Crippen LogP contribution in [0.2, 0.25) is 10.0 Å². The number of benzene rings is 2. The van der Waals surface area contributed by atoms with Crippen molar-refractivity contribution in [2.24, 2.45) is 0 Å². The quantitative estimate of drug-likeness (QED) is 0.444. The van der Waals surface area contributed by atoms with E-state index in [0.29, 0.717) is 15.6 Å². The summed E-state index contributed by atoms with van der Waals surface area (Å²) in [6.45, 7) is -0.581. The highest BCUT2D eigenvalue weighted by atomic mass is 35.5. The summed E-state index contributed by atoms with van der Waals surface area (Å²) in [5, 5.41) is 22.7. The molecule has 1 amide bonds. The van der Waals surface area contributed by atoms with Crippen molar-refractivity contribution < 1.29 is 19.2 Å². The zero-order chi connectivity index (χ0) is 20.0. The number of non-ortho nitro benzene ring substituents is 1. The number of amides is 1. The monoisotopic (exact) mass is 407 g/mol. The second-order valence-corrected chi connectivity index (χ2v) is 6.05. The van der Waals surface area contributed by atoms with Crippen LogP contribution in [-0.4, -0.2) is 23.4 Å². The molecule has 138 valence electrons. The summed E-state index contributed by atoms with van der Waals surface area (Å²) < 4.78 is 4.87. The molecule has 0 fully saturated rings. The van der Waals surface area contributed by atoms with E-state index in [1.54, 1.807) is 12.1 Å². The van der Waals surface area contributed by atoms with Gasteiger partial charge in [0.05, 0.1) is 32.6 Å². The molecule has 0 spiro atoms. The van der Waals surface area contributed by atoms with Crippen molar-refractivity contribution in [2.45, 2.75) is 6.42 Å². The Morgan fingerprint density at radius 2 is 1.93 bits per heavy atom. The molecule has 0 heterocycles. The van der Waals surface area contributed by atoms with E-state index in [-0.39, 0.29) is 23.4 Å². The van der Waals surface area contributed by atoms with E-state index in [4.69, 9.17) is 33.2 Å². The molecular formula is C17H11Cl2N3O5. The standard InChI is InChI=1S/C17H11Cl2N3O5/c18-13-3-1-10(5-14(13)19)6-17(24)27-9-16(23)21-15-4-2-12(22(25)26)7-11(15)8-20/h1-5,7H,6,9H2,(H,21,23). The van der Waals surface area contributed by atoms with E-state index < -0.39 is 23.4 Å². The number of hydrogen-bond donors (Lipinski definition) is 1. The Labute approximate surface area is 163 Å². The average Bonchev–Trinajstić information content (AvgIpc) is 2.63. The summed E-state index contributed by atoms with van der Waals surface area (Å²) in [6.07, 6.45) is -0.106. The van der Waals surface area contributed by atoms with Crippen molar-refractivity contribution in [3.05, 3.63) is 67.7 Å². The minimum atomic E-state index is -0.692. The molecule has 0 saturated carbocycles. The predicted octanol–water partition coefficient (Wildman–Crippen LogP) is 3.50. The number of ether oxygens (including phenoxy) is 1. The van der Waals surface area contributed by atoms with Crippen molar-refractivity contribution in [1.82, 2.24) is 0 Å². The number of nitro benzene ring substituents is 1. The Kier molecular flexibility index (Phi) is 6.71. The average molecular weight is 408 g/mol. The molecule has 27 heavy (non-hydrogen) atoms. The van der Waals surface area contributed by atoms with Crippen molar-refractivity contribution in [3.8, 4) is 6.07 Å². The maximum atomic E-state index is 11.9. The van der Waals surface area contributed by atoms with Gasteiger partial charge in [-0.25, -0.2) is 0 Å². The topological polar surface area (TPSA) is 122 Å². The fraction of sp³-hybridized carbons (Fsp3) is 0.118. The van der Waals surface area contributed by atoms with Crippen LogP contribution in [0.5, 0.6) is 0 Å². The van der Waals surface area contributed by atoms with Crippen LogP contribution in [0.1, 0.15) is 11.1 Å². The molecule has 0 aromatic heterocycles. The summed E-state index contributed by atoms with van der Waals surface area (Å²) in [6, 6.07) is 9.82. The maximum absolute atomic E-state index is 11.9. The number of halogens is 2. The van der Waals surface area contributed by atoms with Gasteiger partial charge in [-0.2, -0.15) is 5.26 Å². The predicted molar refractivity (Wildman–Crippen MR) is 97.6 cm³/mol. The van der Waals surface area contributed by atoms with Gasteiger partial charge in [0, 0.05) is 12.1 Å². The molecule has 0 aliphatic heterocycles. The minimum absolute atomic E-state index is 0.0774. The number of rotatable bonds is 6. The van der Waals surface area contributed by atoms with E-state index in [9.17, 15) is 19.7 Å². The van der Waals surface area contributed by atoms with Crippen LogP contribution in [0.3, 0.4) is 0 Å². The highest BCUT2D eigenvalue weighted by Gasteiger charge is 2.14. The third kappa shape index (κ3) is 5.67. The van der Waals surface area contributed by atoms with Crippen LogP contribution in [-0.2, 0) is 20.7 Å². The summed E-state index contributed by atoms with van der Waals surface area (Å²) in [7, 11) is 0. The summed E-state index contributed by atoms with van der Waals surface area (Å²) in [4.78, 5) is 33.7. The second kappa shape index (κ2) is 8.98. The molecular weight excluding hydrogens is 397 g/mol. The summed E-state index contributed by atoms with van der Waals surface area (Å²) >= 11 is 11.6. The molecule has 8 nitrogen and oxygen atoms in total. The van der Waals surface area contributed by atoms with E-state index in [1.165, 1.54) is 18.2 Å². The molecule has 0 aliphatic rings. The van der Waals surface area contributed by atoms with Gasteiger partial charge >= 0.3 is 5.97 Å². The zero-order valence-electron chi connectivity index (χ0n) is 13.6. The largest absolute Gasteiger partial charge is 0.455 e. The molecule has 2 aromatic carbocycles. The van der Waals surface area contributed by atoms with Gasteiger partial charge in [-0.3, -0.25) is 19.7 Å². The van der Waals surface area contributed by atoms with Crippen LogP contribution >= 0.6 is 23.2 Å². The van der Waals surface area contributed by atoms with E-state index in [1.807, 2.05) is 0 Å². The lowest BCUT2D eigenvalue weighted by molar-refractivity contribution is -0.384.